The van der Waals surface area contributed by atoms with Gasteiger partial charge in [0.05, 0.1) is 6.42 Å². The molecule has 2 aromatic carbocycles. The summed E-state index contributed by atoms with van der Waals surface area (Å²) >= 11 is 6.12. The Morgan fingerprint density at radius 1 is 1.14 bits per heavy atom. The van der Waals surface area contributed by atoms with Gasteiger partial charge in [-0.25, -0.2) is 0 Å². The molecule has 0 spiro atoms. The molecule has 1 heterocycles. The third-order valence-corrected chi connectivity index (χ3v) is 5.52. The molecule has 0 bridgehead atoms. The van der Waals surface area contributed by atoms with E-state index in [9.17, 15) is 9.59 Å². The van der Waals surface area contributed by atoms with Gasteiger partial charge in [0, 0.05) is 30.2 Å². The smallest absolute Gasteiger partial charge is 0.304 e. The summed E-state index contributed by atoms with van der Waals surface area (Å²) in [5.41, 5.74) is 2.72. The average molecular weight is 401 g/mol. The molecule has 0 radical (unpaired) electrons. The quantitative estimate of drug-likeness (QED) is 0.710. The molecule has 1 aliphatic heterocycles. The van der Waals surface area contributed by atoms with E-state index in [4.69, 9.17) is 16.7 Å². The zero-order valence-electron chi connectivity index (χ0n) is 15.7. The van der Waals surface area contributed by atoms with Crippen molar-refractivity contribution in [2.45, 2.75) is 25.8 Å². The van der Waals surface area contributed by atoms with E-state index in [0.29, 0.717) is 29.6 Å². The molecular formula is C22H25ClN2O3. The van der Waals surface area contributed by atoms with E-state index in [1.54, 1.807) is 0 Å². The van der Waals surface area contributed by atoms with E-state index in [0.717, 1.165) is 31.5 Å². The molecule has 0 aromatic heterocycles. The molecule has 28 heavy (non-hydrogen) atoms. The van der Waals surface area contributed by atoms with Crippen LogP contribution in [0.4, 0.5) is 0 Å². The molecule has 148 valence electrons. The second kappa shape index (κ2) is 9.71. The van der Waals surface area contributed by atoms with Crippen molar-refractivity contribution in [2.75, 3.05) is 19.6 Å². The van der Waals surface area contributed by atoms with Gasteiger partial charge in [-0.15, -0.1) is 0 Å². The van der Waals surface area contributed by atoms with Crippen LogP contribution in [0.1, 0.15) is 34.3 Å². The lowest BCUT2D eigenvalue weighted by Gasteiger charge is -2.15. The Morgan fingerprint density at radius 3 is 2.61 bits per heavy atom. The molecule has 1 aliphatic rings. The summed E-state index contributed by atoms with van der Waals surface area (Å²) in [6.07, 6.45) is 2.23. The largest absolute Gasteiger partial charge is 0.481 e. The molecule has 3 rings (SSSR count). The normalized spacial score (nSPS) is 16.8. The number of hydrogen-bond acceptors (Lipinski definition) is 3. The Balaban J connectivity index is 1.47. The van der Waals surface area contributed by atoms with Gasteiger partial charge in [0.15, 0.2) is 0 Å². The molecule has 2 aromatic rings. The Morgan fingerprint density at radius 2 is 1.89 bits per heavy atom. The maximum Gasteiger partial charge on any atom is 0.304 e. The number of benzene rings is 2. The molecular weight excluding hydrogens is 376 g/mol. The minimum absolute atomic E-state index is 0.118. The molecule has 1 atom stereocenters. The standard InChI is InChI=1S/C22H25ClN2O3/c23-20-4-2-1-3-19(20)14-24-22(28)18-7-5-16(6-8-18)13-17-9-11-25(15-17)12-10-21(26)27/h1-8,17H,9-15H2,(H,24,28)(H,26,27). The molecule has 2 N–H and O–H groups in total. The van der Waals surface area contributed by atoms with Crippen LogP contribution in [0.2, 0.25) is 5.02 Å². The van der Waals surface area contributed by atoms with Crippen LogP contribution in [-0.4, -0.2) is 41.5 Å². The number of nitrogens with one attached hydrogen (secondary N) is 1. The van der Waals surface area contributed by atoms with Crippen LogP contribution in [-0.2, 0) is 17.8 Å². The zero-order valence-corrected chi connectivity index (χ0v) is 16.5. The van der Waals surface area contributed by atoms with Crippen molar-refractivity contribution >= 4 is 23.5 Å². The number of hydrogen-bond donors (Lipinski definition) is 2. The van der Waals surface area contributed by atoms with Gasteiger partial charge in [-0.05, 0) is 54.6 Å². The van der Waals surface area contributed by atoms with Crippen molar-refractivity contribution in [3.05, 3.63) is 70.2 Å². The summed E-state index contributed by atoms with van der Waals surface area (Å²) in [6.45, 7) is 2.92. The Labute approximate surface area is 170 Å². The van der Waals surface area contributed by atoms with Crippen molar-refractivity contribution in [3.8, 4) is 0 Å². The van der Waals surface area contributed by atoms with Crippen LogP contribution in [0.5, 0.6) is 0 Å². The predicted molar refractivity (Wildman–Crippen MR) is 110 cm³/mol. The number of halogens is 1. The number of rotatable bonds is 8. The van der Waals surface area contributed by atoms with Gasteiger partial charge in [0.2, 0.25) is 0 Å². The highest BCUT2D eigenvalue weighted by Crippen LogP contribution is 2.21. The first-order valence-corrected chi connectivity index (χ1v) is 9.94. The summed E-state index contributed by atoms with van der Waals surface area (Å²) in [5, 5.41) is 12.3. The highest BCUT2D eigenvalue weighted by Gasteiger charge is 2.22. The van der Waals surface area contributed by atoms with E-state index in [1.807, 2.05) is 48.5 Å². The van der Waals surface area contributed by atoms with Crippen LogP contribution in [0.15, 0.2) is 48.5 Å². The summed E-state index contributed by atoms with van der Waals surface area (Å²) in [4.78, 5) is 25.3. The molecule has 0 aliphatic carbocycles. The van der Waals surface area contributed by atoms with Crippen molar-refractivity contribution in [1.29, 1.82) is 0 Å². The monoisotopic (exact) mass is 400 g/mol. The first-order chi connectivity index (χ1) is 13.5. The van der Waals surface area contributed by atoms with E-state index < -0.39 is 5.97 Å². The highest BCUT2D eigenvalue weighted by molar-refractivity contribution is 6.31. The summed E-state index contributed by atoms with van der Waals surface area (Å²) in [7, 11) is 0. The molecule has 0 saturated carbocycles. The van der Waals surface area contributed by atoms with Crippen molar-refractivity contribution in [1.82, 2.24) is 10.2 Å². The first-order valence-electron chi connectivity index (χ1n) is 9.56. The van der Waals surface area contributed by atoms with Gasteiger partial charge in [-0.2, -0.15) is 0 Å². The Bertz CT molecular complexity index is 823. The third-order valence-electron chi connectivity index (χ3n) is 5.15. The highest BCUT2D eigenvalue weighted by atomic mass is 35.5. The molecule has 1 saturated heterocycles. The van der Waals surface area contributed by atoms with Crippen LogP contribution in [0.25, 0.3) is 0 Å². The summed E-state index contributed by atoms with van der Waals surface area (Å²) < 4.78 is 0. The van der Waals surface area contributed by atoms with Crippen molar-refractivity contribution in [3.63, 3.8) is 0 Å². The predicted octanol–water partition coefficient (Wildman–Crippen LogP) is 3.61. The van der Waals surface area contributed by atoms with E-state index in [-0.39, 0.29) is 12.3 Å². The van der Waals surface area contributed by atoms with Gasteiger partial charge in [-0.3, -0.25) is 9.59 Å². The number of carbonyl (C=O) groups is 2. The van der Waals surface area contributed by atoms with Crippen LogP contribution < -0.4 is 5.32 Å². The third kappa shape index (κ3) is 5.81. The fraction of sp³-hybridized carbons (Fsp3) is 0.364. The number of carbonyl (C=O) groups excluding carboxylic acids is 1. The fourth-order valence-electron chi connectivity index (χ4n) is 3.58. The molecule has 1 amide bonds. The zero-order chi connectivity index (χ0) is 19.9. The lowest BCUT2D eigenvalue weighted by Crippen LogP contribution is -2.24. The van der Waals surface area contributed by atoms with E-state index >= 15 is 0 Å². The minimum Gasteiger partial charge on any atom is -0.481 e. The average Bonchev–Trinajstić information content (AvgIpc) is 3.13. The summed E-state index contributed by atoms with van der Waals surface area (Å²) in [6, 6.07) is 15.2. The lowest BCUT2D eigenvalue weighted by molar-refractivity contribution is -0.137. The van der Waals surface area contributed by atoms with Crippen molar-refractivity contribution in [2.24, 2.45) is 5.92 Å². The maximum atomic E-state index is 12.3. The number of aliphatic carboxylic acids is 1. The van der Waals surface area contributed by atoms with Crippen LogP contribution in [0, 0.1) is 5.92 Å². The lowest BCUT2D eigenvalue weighted by atomic mass is 9.98. The number of likely N-dealkylation sites (tertiary alicyclic amines) is 1. The molecule has 1 fully saturated rings. The van der Waals surface area contributed by atoms with E-state index in [2.05, 4.69) is 10.2 Å². The van der Waals surface area contributed by atoms with Crippen molar-refractivity contribution < 1.29 is 14.7 Å². The first kappa shape index (κ1) is 20.4. The van der Waals surface area contributed by atoms with Gasteiger partial charge >= 0.3 is 5.97 Å². The van der Waals surface area contributed by atoms with Gasteiger partial charge < -0.3 is 15.3 Å². The second-order valence-electron chi connectivity index (χ2n) is 7.27. The minimum atomic E-state index is -0.744. The SMILES string of the molecule is O=C(O)CCN1CCC(Cc2ccc(C(=O)NCc3ccccc3Cl)cc2)C1. The number of carboxylic acids is 1. The van der Waals surface area contributed by atoms with Crippen LogP contribution >= 0.6 is 11.6 Å². The summed E-state index contributed by atoms with van der Waals surface area (Å²) in [5.74, 6) is -0.326. The maximum absolute atomic E-state index is 12.3. The second-order valence-corrected chi connectivity index (χ2v) is 7.68. The number of carboxylic acid groups (broad SMARTS) is 1. The number of nitrogens with zero attached hydrogens (tertiary/aromatic N) is 1. The molecule has 1 unspecified atom stereocenters. The van der Waals surface area contributed by atoms with Gasteiger partial charge in [0.1, 0.15) is 0 Å². The Kier molecular flexibility index (Phi) is 7.06. The van der Waals surface area contributed by atoms with Crippen LogP contribution in [0.3, 0.4) is 0 Å². The van der Waals surface area contributed by atoms with Gasteiger partial charge in [0.25, 0.3) is 5.91 Å². The van der Waals surface area contributed by atoms with E-state index in [1.165, 1.54) is 5.56 Å². The topological polar surface area (TPSA) is 69.6 Å². The fourth-order valence-corrected chi connectivity index (χ4v) is 3.78. The molecule has 5 nitrogen and oxygen atoms in total. The number of amides is 1. The Hall–Kier alpha value is -2.37. The van der Waals surface area contributed by atoms with Gasteiger partial charge in [-0.1, -0.05) is 41.9 Å². The molecule has 6 heteroatoms.